The number of benzene rings is 1. The summed E-state index contributed by atoms with van der Waals surface area (Å²) >= 11 is 0. The minimum absolute atomic E-state index is 0.0787. The Bertz CT molecular complexity index is 944. The molecule has 0 unspecified atom stereocenters. The van der Waals surface area contributed by atoms with Gasteiger partial charge in [-0.2, -0.15) is 0 Å². The largest absolute Gasteiger partial charge is 0.478 e. The molecule has 152 valence electrons. The molecule has 1 aromatic heterocycles. The second-order valence-electron chi connectivity index (χ2n) is 6.83. The van der Waals surface area contributed by atoms with E-state index in [-0.39, 0.29) is 11.4 Å². The molecule has 0 amide bonds. The standard InChI is InChI=1S/C12H16O2.C11H8F2N2/c1-3-10(11-6-7-11)5-4-9(2)8-12(13)14;1-7-5-14-11(15-6-7)9-4-8(12)2-3-10(9)13/h3-5,8,11H,6-7H2,1-2H3,(H,13,14);2-6H,1H3/b5-4-,9-8+,10-3+;. The van der Waals surface area contributed by atoms with Crippen LogP contribution in [0.1, 0.15) is 32.3 Å². The molecule has 0 bridgehead atoms. The number of halogens is 2. The average Bonchev–Trinajstić information content (AvgIpc) is 3.50. The van der Waals surface area contributed by atoms with Crippen LogP contribution in [-0.4, -0.2) is 21.0 Å². The number of aliphatic carboxylic acids is 1. The van der Waals surface area contributed by atoms with E-state index in [0.29, 0.717) is 5.92 Å². The first kappa shape index (κ1) is 22.1. The zero-order chi connectivity index (χ0) is 21.4. The summed E-state index contributed by atoms with van der Waals surface area (Å²) in [5.41, 5.74) is 3.05. The van der Waals surface area contributed by atoms with E-state index < -0.39 is 17.6 Å². The van der Waals surface area contributed by atoms with Crippen molar-refractivity contribution in [3.05, 3.63) is 83.2 Å². The van der Waals surface area contributed by atoms with Crippen LogP contribution in [0.25, 0.3) is 11.4 Å². The van der Waals surface area contributed by atoms with Crippen molar-refractivity contribution >= 4 is 5.97 Å². The minimum atomic E-state index is -0.888. The van der Waals surface area contributed by atoms with E-state index >= 15 is 0 Å². The Morgan fingerprint density at radius 2 is 1.83 bits per heavy atom. The lowest BCUT2D eigenvalue weighted by Crippen LogP contribution is -1.93. The zero-order valence-corrected chi connectivity index (χ0v) is 16.7. The summed E-state index contributed by atoms with van der Waals surface area (Å²) in [4.78, 5) is 18.2. The van der Waals surface area contributed by atoms with Crippen LogP contribution < -0.4 is 0 Å². The normalized spacial score (nSPS) is 14.5. The van der Waals surface area contributed by atoms with Crippen LogP contribution in [0, 0.1) is 24.5 Å². The van der Waals surface area contributed by atoms with E-state index in [4.69, 9.17) is 5.11 Å². The van der Waals surface area contributed by atoms with Gasteiger partial charge >= 0.3 is 5.97 Å². The fourth-order valence-corrected chi connectivity index (χ4v) is 2.56. The van der Waals surface area contributed by atoms with Gasteiger partial charge in [0.1, 0.15) is 11.6 Å². The topological polar surface area (TPSA) is 63.1 Å². The lowest BCUT2D eigenvalue weighted by Gasteiger charge is -2.01. The Balaban J connectivity index is 0.000000208. The van der Waals surface area contributed by atoms with Gasteiger partial charge in [0, 0.05) is 18.5 Å². The van der Waals surface area contributed by atoms with Crippen LogP contribution in [0.5, 0.6) is 0 Å². The Morgan fingerprint density at radius 1 is 1.17 bits per heavy atom. The summed E-state index contributed by atoms with van der Waals surface area (Å²) in [5.74, 6) is -1.01. The Hall–Kier alpha value is -3.15. The van der Waals surface area contributed by atoms with Crippen LogP contribution >= 0.6 is 0 Å². The molecule has 1 heterocycles. The number of carboxylic acids is 1. The molecule has 29 heavy (non-hydrogen) atoms. The summed E-state index contributed by atoms with van der Waals surface area (Å²) in [7, 11) is 0. The lowest BCUT2D eigenvalue weighted by atomic mass is 10.1. The average molecular weight is 398 g/mol. The van der Waals surface area contributed by atoms with Crippen molar-refractivity contribution < 1.29 is 18.7 Å². The molecular formula is C23H24F2N2O2. The molecule has 1 aliphatic rings. The van der Waals surface area contributed by atoms with Crippen molar-refractivity contribution in [1.29, 1.82) is 0 Å². The SMILES string of the molecule is C\C=C(/C=C\C(C)=C\C(=O)O)C1CC1.Cc1cnc(-c2cc(F)ccc2F)nc1. The third-order valence-electron chi connectivity index (χ3n) is 4.22. The van der Waals surface area contributed by atoms with E-state index in [1.165, 1.54) is 24.5 Å². The highest BCUT2D eigenvalue weighted by molar-refractivity contribution is 5.81. The summed E-state index contributed by atoms with van der Waals surface area (Å²) in [5, 5.41) is 8.50. The molecular weight excluding hydrogens is 374 g/mol. The van der Waals surface area contributed by atoms with Crippen LogP contribution in [0.3, 0.4) is 0 Å². The fourth-order valence-electron chi connectivity index (χ4n) is 2.56. The maximum atomic E-state index is 13.3. The summed E-state index contributed by atoms with van der Waals surface area (Å²) < 4.78 is 26.2. The number of carbonyl (C=O) groups is 1. The van der Waals surface area contributed by atoms with Gasteiger partial charge in [0.25, 0.3) is 0 Å². The number of hydrogen-bond donors (Lipinski definition) is 1. The molecule has 1 fully saturated rings. The molecule has 1 aromatic carbocycles. The van der Waals surface area contributed by atoms with Gasteiger partial charge in [0.2, 0.25) is 0 Å². The number of hydrogen-bond acceptors (Lipinski definition) is 3. The number of rotatable bonds is 5. The second-order valence-corrected chi connectivity index (χ2v) is 6.83. The molecule has 0 saturated heterocycles. The molecule has 1 N–H and O–H groups in total. The third kappa shape index (κ3) is 7.41. The molecule has 0 aliphatic heterocycles. The maximum Gasteiger partial charge on any atom is 0.328 e. The highest BCUT2D eigenvalue weighted by atomic mass is 19.1. The molecule has 0 atom stereocenters. The van der Waals surface area contributed by atoms with Gasteiger partial charge in [0.15, 0.2) is 5.82 Å². The second kappa shape index (κ2) is 10.4. The highest BCUT2D eigenvalue weighted by Crippen LogP contribution is 2.37. The van der Waals surface area contributed by atoms with E-state index in [2.05, 4.69) is 16.0 Å². The Morgan fingerprint density at radius 3 is 2.38 bits per heavy atom. The molecule has 4 nitrogen and oxygen atoms in total. The van der Waals surface area contributed by atoms with Crippen LogP contribution in [0.2, 0.25) is 0 Å². The summed E-state index contributed by atoms with van der Waals surface area (Å²) in [6.45, 7) is 5.64. The van der Waals surface area contributed by atoms with E-state index in [1.54, 1.807) is 19.3 Å². The first-order valence-corrected chi connectivity index (χ1v) is 9.29. The molecule has 1 aliphatic carbocycles. The van der Waals surface area contributed by atoms with Gasteiger partial charge in [-0.25, -0.2) is 23.5 Å². The smallest absolute Gasteiger partial charge is 0.328 e. The van der Waals surface area contributed by atoms with Crippen molar-refractivity contribution in [2.45, 2.75) is 33.6 Å². The third-order valence-corrected chi connectivity index (χ3v) is 4.22. The van der Waals surface area contributed by atoms with Crippen molar-refractivity contribution in [3.63, 3.8) is 0 Å². The molecule has 2 aromatic rings. The number of aromatic nitrogens is 2. The Kier molecular flexibility index (Phi) is 7.95. The summed E-state index contributed by atoms with van der Waals surface area (Å²) in [6, 6.07) is 3.21. The Labute approximate surface area is 169 Å². The van der Waals surface area contributed by atoms with Crippen molar-refractivity contribution in [2.24, 2.45) is 5.92 Å². The number of nitrogens with zero attached hydrogens (tertiary/aromatic N) is 2. The van der Waals surface area contributed by atoms with E-state index in [1.807, 2.05) is 26.0 Å². The van der Waals surface area contributed by atoms with Crippen LogP contribution in [-0.2, 0) is 4.79 Å². The first-order valence-electron chi connectivity index (χ1n) is 9.29. The van der Waals surface area contributed by atoms with Gasteiger partial charge in [-0.1, -0.05) is 18.2 Å². The quantitative estimate of drug-likeness (QED) is 0.521. The van der Waals surface area contributed by atoms with Gasteiger partial charge in [-0.15, -0.1) is 0 Å². The minimum Gasteiger partial charge on any atom is -0.478 e. The van der Waals surface area contributed by atoms with Gasteiger partial charge in [-0.3, -0.25) is 0 Å². The maximum absolute atomic E-state index is 13.3. The fraction of sp³-hybridized carbons (Fsp3) is 0.261. The molecule has 6 heteroatoms. The lowest BCUT2D eigenvalue weighted by molar-refractivity contribution is -0.131. The molecule has 1 saturated carbocycles. The summed E-state index contributed by atoms with van der Waals surface area (Å²) in [6.07, 6.45) is 12.9. The first-order chi connectivity index (χ1) is 13.8. The highest BCUT2D eigenvalue weighted by Gasteiger charge is 2.23. The predicted octanol–water partition coefficient (Wildman–Crippen LogP) is 5.66. The van der Waals surface area contributed by atoms with Crippen molar-refractivity contribution in [3.8, 4) is 11.4 Å². The predicted molar refractivity (Wildman–Crippen MR) is 109 cm³/mol. The number of allylic oxidation sites excluding steroid dienone is 5. The van der Waals surface area contributed by atoms with Gasteiger partial charge in [0.05, 0.1) is 5.56 Å². The monoisotopic (exact) mass is 398 g/mol. The number of aryl methyl sites for hydroxylation is 1. The molecule has 3 rings (SSSR count). The zero-order valence-electron chi connectivity index (χ0n) is 16.7. The van der Waals surface area contributed by atoms with Crippen LogP contribution in [0.15, 0.2) is 66.0 Å². The van der Waals surface area contributed by atoms with Gasteiger partial charge in [-0.05, 0) is 74.4 Å². The molecule has 0 radical (unpaired) electrons. The van der Waals surface area contributed by atoms with E-state index in [9.17, 15) is 13.6 Å². The number of carboxylic acid groups (broad SMARTS) is 1. The van der Waals surface area contributed by atoms with E-state index in [0.717, 1.165) is 29.3 Å². The van der Waals surface area contributed by atoms with Crippen LogP contribution in [0.4, 0.5) is 8.78 Å². The van der Waals surface area contributed by atoms with Crippen molar-refractivity contribution in [1.82, 2.24) is 9.97 Å². The molecule has 0 spiro atoms. The van der Waals surface area contributed by atoms with Crippen molar-refractivity contribution in [2.75, 3.05) is 0 Å². The van der Waals surface area contributed by atoms with Gasteiger partial charge < -0.3 is 5.11 Å².